The van der Waals surface area contributed by atoms with Crippen molar-refractivity contribution in [2.45, 2.75) is 33.3 Å². The van der Waals surface area contributed by atoms with Crippen LogP contribution in [0.15, 0.2) is 94.8 Å². The van der Waals surface area contributed by atoms with E-state index in [4.69, 9.17) is 19.6 Å². The number of amidine groups is 1. The molecule has 1 fully saturated rings. The normalized spacial score (nSPS) is 14.8. The zero-order valence-corrected chi connectivity index (χ0v) is 27.5. The van der Waals surface area contributed by atoms with Crippen molar-refractivity contribution in [3.05, 3.63) is 121 Å². The summed E-state index contributed by atoms with van der Waals surface area (Å²) in [5.74, 6) is -0.0298. The highest BCUT2D eigenvalue weighted by molar-refractivity contribution is 14.1. The van der Waals surface area contributed by atoms with Gasteiger partial charge in [-0.25, -0.2) is 9.79 Å². The van der Waals surface area contributed by atoms with Gasteiger partial charge in [-0.15, -0.1) is 0 Å². The molecule has 0 bridgehead atoms. The first kappa shape index (κ1) is 31.3. The molecule has 1 saturated heterocycles. The smallest absolute Gasteiger partial charge is 0.335 e. The van der Waals surface area contributed by atoms with E-state index in [1.54, 1.807) is 36.3 Å². The van der Waals surface area contributed by atoms with Gasteiger partial charge in [-0.2, -0.15) is 0 Å². The van der Waals surface area contributed by atoms with Crippen LogP contribution in [0.4, 0.5) is 11.4 Å². The van der Waals surface area contributed by atoms with Crippen LogP contribution in [0, 0.1) is 3.57 Å². The molecule has 0 spiro atoms. The van der Waals surface area contributed by atoms with E-state index in [1.807, 2.05) is 54.6 Å². The quantitative estimate of drug-likeness (QED) is 0.131. The molecule has 1 aliphatic rings. The van der Waals surface area contributed by atoms with E-state index < -0.39 is 5.97 Å². The standard InChI is InChI=1S/C35H31IN2O5S/c1-4-22-8-14-27(15-9-22)37-35-38(28-16-10-23(5-2)11-17-28)33(39)31(44-35)20-25-18-29(36)32(30(19-25)42-3)43-21-24-6-12-26(13-7-24)34(40)41/h6-20H,4-5,21H2,1-3H3,(H,40,41)/b31-20-,37-35?. The van der Waals surface area contributed by atoms with Crippen molar-refractivity contribution in [1.82, 2.24) is 0 Å². The van der Waals surface area contributed by atoms with E-state index in [0.717, 1.165) is 38.9 Å². The topological polar surface area (TPSA) is 88.4 Å². The highest BCUT2D eigenvalue weighted by Gasteiger charge is 2.35. The third-order valence-corrected chi connectivity index (χ3v) is 8.88. The SMILES string of the molecule is CCc1ccc(N=C2S/C(=C\c3cc(I)c(OCc4ccc(C(=O)O)cc4)c(OC)c3)C(=O)N2c2ccc(CC)cc2)cc1. The Labute approximate surface area is 274 Å². The maximum absolute atomic E-state index is 13.9. The fourth-order valence-electron chi connectivity index (χ4n) is 4.59. The van der Waals surface area contributed by atoms with E-state index in [-0.39, 0.29) is 18.1 Å². The van der Waals surface area contributed by atoms with E-state index in [2.05, 4.69) is 48.6 Å². The van der Waals surface area contributed by atoms with Crippen molar-refractivity contribution in [3.63, 3.8) is 0 Å². The van der Waals surface area contributed by atoms with Gasteiger partial charge in [0.25, 0.3) is 5.91 Å². The molecule has 0 saturated carbocycles. The molecule has 1 N–H and O–H groups in total. The Morgan fingerprint density at radius 2 is 1.55 bits per heavy atom. The number of anilines is 1. The van der Waals surface area contributed by atoms with Crippen molar-refractivity contribution in [3.8, 4) is 11.5 Å². The predicted octanol–water partition coefficient (Wildman–Crippen LogP) is 8.51. The Balaban J connectivity index is 1.44. The summed E-state index contributed by atoms with van der Waals surface area (Å²) in [5.41, 5.74) is 5.80. The summed E-state index contributed by atoms with van der Waals surface area (Å²) in [4.78, 5) is 32.1. The molecular formula is C35H31IN2O5S. The monoisotopic (exact) mass is 718 g/mol. The molecule has 5 rings (SSSR count). The molecule has 0 unspecified atom stereocenters. The summed E-state index contributed by atoms with van der Waals surface area (Å²) >= 11 is 3.53. The lowest BCUT2D eigenvalue weighted by atomic mass is 10.1. The van der Waals surface area contributed by atoms with E-state index in [1.165, 1.54) is 22.9 Å². The number of hydrogen-bond acceptors (Lipinski definition) is 6. The van der Waals surface area contributed by atoms with Crippen LogP contribution in [0.25, 0.3) is 6.08 Å². The van der Waals surface area contributed by atoms with Gasteiger partial charge in [0.05, 0.1) is 32.5 Å². The summed E-state index contributed by atoms with van der Waals surface area (Å²) < 4.78 is 12.6. The Bertz CT molecular complexity index is 1730. The number of aliphatic imine (C=N–C) groups is 1. The van der Waals surface area contributed by atoms with Crippen molar-refractivity contribution in [1.29, 1.82) is 0 Å². The van der Waals surface area contributed by atoms with Gasteiger partial charge in [0.2, 0.25) is 0 Å². The number of nitrogens with zero attached hydrogens (tertiary/aromatic N) is 2. The number of ether oxygens (including phenoxy) is 2. The van der Waals surface area contributed by atoms with Gasteiger partial charge in [-0.1, -0.05) is 50.2 Å². The van der Waals surface area contributed by atoms with Gasteiger partial charge in [-0.05, 0) is 124 Å². The van der Waals surface area contributed by atoms with Gasteiger partial charge in [0.15, 0.2) is 16.7 Å². The first-order chi connectivity index (χ1) is 21.3. The van der Waals surface area contributed by atoms with Gasteiger partial charge in [-0.3, -0.25) is 9.69 Å². The number of carboxylic acid groups (broad SMARTS) is 1. The molecule has 0 aliphatic carbocycles. The number of aryl methyl sites for hydroxylation is 2. The highest BCUT2D eigenvalue weighted by Crippen LogP contribution is 2.40. The minimum atomic E-state index is -0.973. The lowest BCUT2D eigenvalue weighted by Crippen LogP contribution is -2.28. The van der Waals surface area contributed by atoms with Crippen LogP contribution < -0.4 is 14.4 Å². The molecule has 1 heterocycles. The average molecular weight is 719 g/mol. The van der Waals surface area contributed by atoms with Crippen LogP contribution in [0.1, 0.15) is 46.5 Å². The van der Waals surface area contributed by atoms with Crippen LogP contribution >= 0.6 is 34.4 Å². The minimum Gasteiger partial charge on any atom is -0.493 e. The lowest BCUT2D eigenvalue weighted by molar-refractivity contribution is -0.113. The largest absolute Gasteiger partial charge is 0.493 e. The fourth-order valence-corrected chi connectivity index (χ4v) is 6.37. The lowest BCUT2D eigenvalue weighted by Gasteiger charge is -2.16. The van der Waals surface area contributed by atoms with E-state index >= 15 is 0 Å². The Morgan fingerprint density at radius 3 is 2.14 bits per heavy atom. The Morgan fingerprint density at radius 1 is 0.932 bits per heavy atom. The predicted molar refractivity (Wildman–Crippen MR) is 185 cm³/mol. The molecule has 0 radical (unpaired) electrons. The molecule has 9 heteroatoms. The van der Waals surface area contributed by atoms with Gasteiger partial charge in [0, 0.05) is 0 Å². The van der Waals surface area contributed by atoms with Crippen LogP contribution in [-0.4, -0.2) is 29.3 Å². The summed E-state index contributed by atoms with van der Waals surface area (Å²) in [5, 5.41) is 9.73. The van der Waals surface area contributed by atoms with Crippen LogP contribution in [-0.2, 0) is 24.2 Å². The van der Waals surface area contributed by atoms with Crippen molar-refractivity contribution >= 4 is 68.8 Å². The molecule has 4 aromatic carbocycles. The number of hydrogen-bond donors (Lipinski definition) is 1. The number of rotatable bonds is 10. The van der Waals surface area contributed by atoms with Crippen molar-refractivity contribution < 1.29 is 24.2 Å². The number of amides is 1. The minimum absolute atomic E-state index is 0.151. The second-order valence-corrected chi connectivity index (χ2v) is 12.2. The average Bonchev–Trinajstić information content (AvgIpc) is 3.34. The van der Waals surface area contributed by atoms with Crippen LogP contribution in [0.5, 0.6) is 11.5 Å². The van der Waals surface area contributed by atoms with Crippen molar-refractivity contribution in [2.24, 2.45) is 4.99 Å². The second-order valence-electron chi connectivity index (χ2n) is 10.0. The third kappa shape index (κ3) is 7.16. The van der Waals surface area contributed by atoms with Crippen LogP contribution in [0.2, 0.25) is 0 Å². The first-order valence-corrected chi connectivity index (χ1v) is 16.0. The fraction of sp³-hybridized carbons (Fsp3) is 0.171. The van der Waals surface area contributed by atoms with Crippen LogP contribution in [0.3, 0.4) is 0 Å². The number of methoxy groups -OCH3 is 1. The first-order valence-electron chi connectivity index (χ1n) is 14.1. The number of carbonyl (C=O) groups excluding carboxylic acids is 1. The zero-order valence-electron chi connectivity index (χ0n) is 24.5. The van der Waals surface area contributed by atoms with Gasteiger partial charge < -0.3 is 14.6 Å². The van der Waals surface area contributed by atoms with Crippen molar-refractivity contribution in [2.75, 3.05) is 12.0 Å². The second kappa shape index (κ2) is 14.1. The molecular weight excluding hydrogens is 687 g/mol. The number of carboxylic acids is 1. The zero-order chi connectivity index (χ0) is 31.2. The molecule has 224 valence electrons. The maximum atomic E-state index is 13.9. The molecule has 4 aromatic rings. The summed E-state index contributed by atoms with van der Waals surface area (Å²) in [6, 6.07) is 26.4. The number of halogens is 1. The summed E-state index contributed by atoms with van der Waals surface area (Å²) in [6.07, 6.45) is 3.71. The molecule has 0 aromatic heterocycles. The maximum Gasteiger partial charge on any atom is 0.335 e. The Hall–Kier alpha value is -4.09. The van der Waals surface area contributed by atoms with E-state index in [0.29, 0.717) is 21.6 Å². The summed E-state index contributed by atoms with van der Waals surface area (Å²) in [6.45, 7) is 4.46. The third-order valence-electron chi connectivity index (χ3n) is 7.11. The number of benzene rings is 4. The number of thioether (sulfide) groups is 1. The van der Waals surface area contributed by atoms with Gasteiger partial charge in [0.1, 0.15) is 6.61 Å². The number of aromatic carboxylic acids is 1. The highest BCUT2D eigenvalue weighted by atomic mass is 127. The van der Waals surface area contributed by atoms with Gasteiger partial charge >= 0.3 is 5.97 Å². The van der Waals surface area contributed by atoms with E-state index in [9.17, 15) is 9.59 Å². The summed E-state index contributed by atoms with van der Waals surface area (Å²) in [7, 11) is 1.57. The molecule has 7 nitrogen and oxygen atoms in total. The Kier molecular flexibility index (Phi) is 10.1. The molecule has 1 amide bonds. The molecule has 0 atom stereocenters. The molecule has 1 aliphatic heterocycles. The molecule has 44 heavy (non-hydrogen) atoms. The number of carbonyl (C=O) groups is 2.